The standard InChI is InChI=1S/C15H16N4S/c1-2-19(9-12-4-3-7-20-12)15-13-8-11(16)5-6-14(13)17-10-18-15/h3-8,10H,2,9,16H2,1H3. The molecular formula is C15H16N4S. The molecule has 0 spiro atoms. The van der Waals surface area contributed by atoms with Crippen molar-refractivity contribution in [1.29, 1.82) is 0 Å². The van der Waals surface area contributed by atoms with Gasteiger partial charge in [-0.3, -0.25) is 0 Å². The first kappa shape index (κ1) is 12.9. The molecule has 5 heteroatoms. The molecule has 3 rings (SSSR count). The third kappa shape index (κ3) is 2.44. The predicted molar refractivity (Wildman–Crippen MR) is 85.0 cm³/mol. The van der Waals surface area contributed by atoms with Crippen molar-refractivity contribution in [2.75, 3.05) is 17.2 Å². The quantitative estimate of drug-likeness (QED) is 0.747. The van der Waals surface area contributed by atoms with Gasteiger partial charge in [0.05, 0.1) is 12.1 Å². The first-order chi connectivity index (χ1) is 9.78. The second-order valence-corrected chi connectivity index (χ2v) is 5.60. The topological polar surface area (TPSA) is 55.0 Å². The normalized spacial score (nSPS) is 10.8. The molecule has 102 valence electrons. The van der Waals surface area contributed by atoms with Crippen LogP contribution >= 0.6 is 11.3 Å². The van der Waals surface area contributed by atoms with Crippen molar-refractivity contribution in [2.24, 2.45) is 0 Å². The van der Waals surface area contributed by atoms with Crippen LogP contribution in [0.2, 0.25) is 0 Å². The maximum atomic E-state index is 5.90. The minimum atomic E-state index is 0.737. The van der Waals surface area contributed by atoms with Gasteiger partial charge in [0, 0.05) is 22.5 Å². The number of hydrogen-bond donors (Lipinski definition) is 1. The van der Waals surface area contributed by atoms with Gasteiger partial charge in [-0.2, -0.15) is 0 Å². The van der Waals surface area contributed by atoms with Crippen LogP contribution in [-0.2, 0) is 6.54 Å². The lowest BCUT2D eigenvalue weighted by Gasteiger charge is -2.22. The van der Waals surface area contributed by atoms with E-state index in [0.29, 0.717) is 0 Å². The number of benzene rings is 1. The zero-order chi connectivity index (χ0) is 13.9. The fraction of sp³-hybridized carbons (Fsp3) is 0.200. The highest BCUT2D eigenvalue weighted by Crippen LogP contribution is 2.26. The average Bonchev–Trinajstić information content (AvgIpc) is 2.97. The average molecular weight is 284 g/mol. The lowest BCUT2D eigenvalue weighted by atomic mass is 10.2. The SMILES string of the molecule is CCN(Cc1cccs1)c1ncnc2ccc(N)cc12. The van der Waals surface area contributed by atoms with E-state index in [1.807, 2.05) is 18.2 Å². The molecule has 0 atom stereocenters. The van der Waals surface area contributed by atoms with Crippen molar-refractivity contribution in [2.45, 2.75) is 13.5 Å². The third-order valence-electron chi connectivity index (χ3n) is 3.25. The number of nitrogen functional groups attached to an aromatic ring is 1. The van der Waals surface area contributed by atoms with Gasteiger partial charge in [0.2, 0.25) is 0 Å². The van der Waals surface area contributed by atoms with Crippen molar-refractivity contribution < 1.29 is 0 Å². The maximum Gasteiger partial charge on any atom is 0.140 e. The molecule has 2 aromatic heterocycles. The Balaban J connectivity index is 2.04. The number of nitrogens with zero attached hydrogens (tertiary/aromatic N) is 3. The highest BCUT2D eigenvalue weighted by molar-refractivity contribution is 7.09. The van der Waals surface area contributed by atoms with Crippen LogP contribution in [0.15, 0.2) is 42.0 Å². The van der Waals surface area contributed by atoms with Gasteiger partial charge in [-0.1, -0.05) is 6.07 Å². The number of anilines is 2. The van der Waals surface area contributed by atoms with E-state index < -0.39 is 0 Å². The summed E-state index contributed by atoms with van der Waals surface area (Å²) in [4.78, 5) is 12.3. The highest BCUT2D eigenvalue weighted by Gasteiger charge is 2.12. The molecule has 0 saturated heterocycles. The summed E-state index contributed by atoms with van der Waals surface area (Å²) in [6.07, 6.45) is 1.62. The number of rotatable bonds is 4. The van der Waals surface area contributed by atoms with Crippen molar-refractivity contribution in [3.05, 3.63) is 46.9 Å². The summed E-state index contributed by atoms with van der Waals surface area (Å²) >= 11 is 1.76. The maximum absolute atomic E-state index is 5.90. The first-order valence-electron chi connectivity index (χ1n) is 6.55. The minimum Gasteiger partial charge on any atom is -0.399 e. The predicted octanol–water partition coefficient (Wildman–Crippen LogP) is 3.30. The van der Waals surface area contributed by atoms with E-state index in [2.05, 4.69) is 39.3 Å². The lowest BCUT2D eigenvalue weighted by molar-refractivity contribution is 0.826. The number of hydrogen-bond acceptors (Lipinski definition) is 5. The molecular weight excluding hydrogens is 268 g/mol. The van der Waals surface area contributed by atoms with Crippen LogP contribution in [0, 0.1) is 0 Å². The van der Waals surface area contributed by atoms with E-state index in [4.69, 9.17) is 5.73 Å². The second kappa shape index (κ2) is 5.46. The fourth-order valence-corrected chi connectivity index (χ4v) is 2.96. The number of aromatic nitrogens is 2. The Morgan fingerprint density at radius 2 is 2.15 bits per heavy atom. The molecule has 0 bridgehead atoms. The molecule has 0 unspecified atom stereocenters. The molecule has 0 amide bonds. The van der Waals surface area contributed by atoms with Crippen molar-refractivity contribution in [3.63, 3.8) is 0 Å². The molecule has 0 radical (unpaired) electrons. The summed E-state index contributed by atoms with van der Waals surface area (Å²) in [5, 5.41) is 3.10. The van der Waals surface area contributed by atoms with Crippen LogP contribution in [0.5, 0.6) is 0 Å². The molecule has 3 aromatic rings. The Bertz CT molecular complexity index is 709. The Kier molecular flexibility index (Phi) is 3.52. The molecule has 2 N–H and O–H groups in total. The third-order valence-corrected chi connectivity index (χ3v) is 4.11. The fourth-order valence-electron chi connectivity index (χ4n) is 2.24. The van der Waals surface area contributed by atoms with E-state index in [1.165, 1.54) is 4.88 Å². The summed E-state index contributed by atoms with van der Waals surface area (Å²) in [5.74, 6) is 0.943. The van der Waals surface area contributed by atoms with Crippen molar-refractivity contribution >= 4 is 33.7 Å². The van der Waals surface area contributed by atoms with E-state index in [1.54, 1.807) is 17.7 Å². The Morgan fingerprint density at radius 3 is 2.90 bits per heavy atom. The largest absolute Gasteiger partial charge is 0.399 e. The van der Waals surface area contributed by atoms with E-state index in [0.717, 1.165) is 35.5 Å². The Hall–Kier alpha value is -2.14. The molecule has 0 fully saturated rings. The van der Waals surface area contributed by atoms with E-state index in [-0.39, 0.29) is 0 Å². The van der Waals surface area contributed by atoms with Crippen LogP contribution < -0.4 is 10.6 Å². The zero-order valence-corrected chi connectivity index (χ0v) is 12.1. The molecule has 20 heavy (non-hydrogen) atoms. The van der Waals surface area contributed by atoms with Gasteiger partial charge in [0.15, 0.2) is 0 Å². The number of fused-ring (bicyclic) bond motifs is 1. The Labute approximate surface area is 121 Å². The first-order valence-corrected chi connectivity index (χ1v) is 7.43. The molecule has 2 heterocycles. The van der Waals surface area contributed by atoms with Gasteiger partial charge < -0.3 is 10.6 Å². The molecule has 4 nitrogen and oxygen atoms in total. The highest BCUT2D eigenvalue weighted by atomic mass is 32.1. The summed E-state index contributed by atoms with van der Waals surface area (Å²) < 4.78 is 0. The minimum absolute atomic E-state index is 0.737. The van der Waals surface area contributed by atoms with Crippen LogP contribution in [0.1, 0.15) is 11.8 Å². The van der Waals surface area contributed by atoms with Gasteiger partial charge in [-0.05, 0) is 36.6 Å². The van der Waals surface area contributed by atoms with Crippen LogP contribution in [0.4, 0.5) is 11.5 Å². The van der Waals surface area contributed by atoms with Gasteiger partial charge in [0.1, 0.15) is 12.1 Å². The van der Waals surface area contributed by atoms with Gasteiger partial charge >= 0.3 is 0 Å². The molecule has 1 aromatic carbocycles. The van der Waals surface area contributed by atoms with Crippen molar-refractivity contribution in [3.8, 4) is 0 Å². The summed E-state index contributed by atoms with van der Waals surface area (Å²) in [7, 11) is 0. The lowest BCUT2D eigenvalue weighted by Crippen LogP contribution is -2.23. The van der Waals surface area contributed by atoms with E-state index in [9.17, 15) is 0 Å². The van der Waals surface area contributed by atoms with Crippen molar-refractivity contribution in [1.82, 2.24) is 9.97 Å². The summed E-state index contributed by atoms with van der Waals surface area (Å²) in [6.45, 7) is 3.88. The number of nitrogens with two attached hydrogens (primary N) is 1. The second-order valence-electron chi connectivity index (χ2n) is 4.57. The smallest absolute Gasteiger partial charge is 0.140 e. The van der Waals surface area contributed by atoms with Gasteiger partial charge in [0.25, 0.3) is 0 Å². The number of thiophene rings is 1. The zero-order valence-electron chi connectivity index (χ0n) is 11.3. The monoisotopic (exact) mass is 284 g/mol. The van der Waals surface area contributed by atoms with Gasteiger partial charge in [-0.25, -0.2) is 9.97 Å². The molecule has 0 aliphatic carbocycles. The van der Waals surface area contributed by atoms with Crippen LogP contribution in [0.25, 0.3) is 10.9 Å². The molecule has 0 aliphatic rings. The Morgan fingerprint density at radius 1 is 1.25 bits per heavy atom. The molecule has 0 aliphatic heterocycles. The van der Waals surface area contributed by atoms with Crippen LogP contribution in [0.3, 0.4) is 0 Å². The summed E-state index contributed by atoms with van der Waals surface area (Å²) in [5.41, 5.74) is 7.56. The van der Waals surface area contributed by atoms with Crippen LogP contribution in [-0.4, -0.2) is 16.5 Å². The van der Waals surface area contributed by atoms with Gasteiger partial charge in [-0.15, -0.1) is 11.3 Å². The molecule has 0 saturated carbocycles. The van der Waals surface area contributed by atoms with E-state index >= 15 is 0 Å². The summed E-state index contributed by atoms with van der Waals surface area (Å²) in [6, 6.07) is 9.97.